The van der Waals surface area contributed by atoms with E-state index in [1.54, 1.807) is 19.2 Å². The summed E-state index contributed by atoms with van der Waals surface area (Å²) in [6, 6.07) is 4.80. The molecule has 2 nitrogen and oxygen atoms in total. The number of hydrogen-bond acceptors (Lipinski definition) is 2. The number of anilines is 1. The van der Waals surface area contributed by atoms with Crippen molar-refractivity contribution in [3.05, 3.63) is 24.0 Å². The molecule has 0 spiro atoms. The first-order chi connectivity index (χ1) is 5.77. The summed E-state index contributed by atoms with van der Waals surface area (Å²) in [7, 11) is 1.75. The molecule has 0 saturated heterocycles. The lowest BCUT2D eigenvalue weighted by molar-refractivity contribution is 0.321. The molecule has 0 aliphatic rings. The highest BCUT2D eigenvalue weighted by molar-refractivity contribution is 5.85. The Labute approximate surface area is 83.5 Å². The van der Waals surface area contributed by atoms with E-state index in [1.807, 2.05) is 6.92 Å². The molecular weight excluding hydrogens is 193 g/mol. The van der Waals surface area contributed by atoms with E-state index in [9.17, 15) is 4.39 Å². The third kappa shape index (κ3) is 3.11. The van der Waals surface area contributed by atoms with Gasteiger partial charge in [0.25, 0.3) is 0 Å². The third-order valence-electron chi connectivity index (χ3n) is 1.52. The quantitative estimate of drug-likeness (QED) is 0.819. The molecule has 0 aliphatic heterocycles. The van der Waals surface area contributed by atoms with E-state index in [4.69, 9.17) is 4.74 Å². The summed E-state index contributed by atoms with van der Waals surface area (Å²) in [5, 5.41) is 2.84. The van der Waals surface area contributed by atoms with E-state index < -0.39 is 0 Å². The molecule has 1 aromatic carbocycles. The van der Waals surface area contributed by atoms with Gasteiger partial charge in [0, 0.05) is 18.8 Å². The zero-order valence-corrected chi connectivity index (χ0v) is 8.45. The van der Waals surface area contributed by atoms with E-state index in [0.717, 1.165) is 5.69 Å². The smallest absolute Gasteiger partial charge is 0.167 e. The van der Waals surface area contributed by atoms with Crippen LogP contribution in [0.4, 0.5) is 10.1 Å². The van der Waals surface area contributed by atoms with Gasteiger partial charge in [-0.2, -0.15) is 0 Å². The van der Waals surface area contributed by atoms with Crippen molar-refractivity contribution in [2.75, 3.05) is 19.0 Å². The van der Waals surface area contributed by atoms with Crippen LogP contribution in [0.15, 0.2) is 18.2 Å². The summed E-state index contributed by atoms with van der Waals surface area (Å²) >= 11 is 0. The van der Waals surface area contributed by atoms with Crippen molar-refractivity contribution in [2.24, 2.45) is 0 Å². The summed E-state index contributed by atoms with van der Waals surface area (Å²) < 4.78 is 18.1. The Bertz CT molecular complexity index is 268. The molecule has 1 aromatic rings. The second-order valence-electron chi connectivity index (χ2n) is 2.33. The van der Waals surface area contributed by atoms with Crippen molar-refractivity contribution in [3.8, 4) is 5.75 Å². The summed E-state index contributed by atoms with van der Waals surface area (Å²) in [5.41, 5.74) is 0.746. The lowest BCUT2D eigenvalue weighted by Gasteiger charge is -2.05. The van der Waals surface area contributed by atoms with Crippen molar-refractivity contribution < 1.29 is 9.13 Å². The largest absolute Gasteiger partial charge is 0.491 e. The Morgan fingerprint density at radius 3 is 2.62 bits per heavy atom. The van der Waals surface area contributed by atoms with Crippen LogP contribution in [0.25, 0.3) is 0 Å². The Balaban J connectivity index is 0.00000144. The van der Waals surface area contributed by atoms with Gasteiger partial charge in [0.2, 0.25) is 0 Å². The molecule has 0 aromatic heterocycles. The van der Waals surface area contributed by atoms with Gasteiger partial charge in [-0.15, -0.1) is 12.4 Å². The monoisotopic (exact) mass is 205 g/mol. The predicted octanol–water partition coefficient (Wildman–Crippen LogP) is 2.69. The predicted molar refractivity (Wildman–Crippen MR) is 54.4 cm³/mol. The molecule has 0 fully saturated rings. The van der Waals surface area contributed by atoms with Crippen LogP contribution in [0.5, 0.6) is 5.75 Å². The van der Waals surface area contributed by atoms with Gasteiger partial charge >= 0.3 is 0 Å². The van der Waals surface area contributed by atoms with Gasteiger partial charge in [-0.05, 0) is 19.1 Å². The number of benzene rings is 1. The minimum absolute atomic E-state index is 0. The van der Waals surface area contributed by atoms with Crippen LogP contribution in [-0.2, 0) is 0 Å². The lowest BCUT2D eigenvalue weighted by atomic mass is 10.3. The molecule has 0 heterocycles. The van der Waals surface area contributed by atoms with E-state index in [0.29, 0.717) is 12.4 Å². The first-order valence-electron chi connectivity index (χ1n) is 3.88. The van der Waals surface area contributed by atoms with Crippen LogP contribution in [0.1, 0.15) is 6.92 Å². The first kappa shape index (κ1) is 12.0. The zero-order chi connectivity index (χ0) is 8.97. The molecule has 0 atom stereocenters. The van der Waals surface area contributed by atoms with Crippen LogP contribution >= 0.6 is 12.4 Å². The highest BCUT2D eigenvalue weighted by Crippen LogP contribution is 2.20. The Hall–Kier alpha value is -0.960. The molecule has 0 amide bonds. The van der Waals surface area contributed by atoms with Crippen LogP contribution in [0.3, 0.4) is 0 Å². The molecular formula is C9H13ClFNO. The minimum atomic E-state index is -0.330. The highest BCUT2D eigenvalue weighted by atomic mass is 35.5. The number of hydrogen-bond donors (Lipinski definition) is 1. The fraction of sp³-hybridized carbons (Fsp3) is 0.333. The van der Waals surface area contributed by atoms with Crippen LogP contribution in [0.2, 0.25) is 0 Å². The second kappa shape index (κ2) is 5.65. The van der Waals surface area contributed by atoms with E-state index in [2.05, 4.69) is 5.32 Å². The number of ether oxygens (including phenoxy) is 1. The Morgan fingerprint density at radius 1 is 1.46 bits per heavy atom. The molecule has 74 valence electrons. The SMILES string of the molecule is CCOc1ccc(NC)cc1F.Cl. The van der Waals surface area contributed by atoms with Gasteiger partial charge in [-0.3, -0.25) is 0 Å². The molecule has 0 bridgehead atoms. The summed E-state index contributed by atoms with van der Waals surface area (Å²) in [6.45, 7) is 2.31. The highest BCUT2D eigenvalue weighted by Gasteiger charge is 2.02. The van der Waals surface area contributed by atoms with E-state index in [1.165, 1.54) is 6.07 Å². The maximum absolute atomic E-state index is 13.1. The van der Waals surface area contributed by atoms with Gasteiger partial charge < -0.3 is 10.1 Å². The van der Waals surface area contributed by atoms with Gasteiger partial charge in [0.15, 0.2) is 11.6 Å². The fourth-order valence-electron chi connectivity index (χ4n) is 0.929. The second-order valence-corrected chi connectivity index (χ2v) is 2.33. The van der Waals surface area contributed by atoms with Gasteiger partial charge in [-0.1, -0.05) is 0 Å². The van der Waals surface area contributed by atoms with Crippen molar-refractivity contribution in [1.82, 2.24) is 0 Å². The molecule has 0 aliphatic carbocycles. The Morgan fingerprint density at radius 2 is 2.15 bits per heavy atom. The maximum Gasteiger partial charge on any atom is 0.167 e. The zero-order valence-electron chi connectivity index (χ0n) is 7.63. The average molecular weight is 206 g/mol. The molecule has 1 rings (SSSR count). The van der Waals surface area contributed by atoms with Gasteiger partial charge in [-0.25, -0.2) is 4.39 Å². The topological polar surface area (TPSA) is 21.3 Å². The minimum Gasteiger partial charge on any atom is -0.491 e. The molecule has 0 unspecified atom stereocenters. The lowest BCUT2D eigenvalue weighted by Crippen LogP contribution is -1.95. The van der Waals surface area contributed by atoms with Crippen molar-refractivity contribution in [3.63, 3.8) is 0 Å². The number of nitrogens with one attached hydrogen (secondary N) is 1. The van der Waals surface area contributed by atoms with E-state index >= 15 is 0 Å². The number of rotatable bonds is 3. The maximum atomic E-state index is 13.1. The normalized spacial score (nSPS) is 8.85. The molecule has 13 heavy (non-hydrogen) atoms. The standard InChI is InChI=1S/C9H12FNO.ClH/c1-3-12-9-5-4-7(11-2)6-8(9)10;/h4-6,11H,3H2,1-2H3;1H. The van der Waals surface area contributed by atoms with Crippen molar-refractivity contribution in [2.45, 2.75) is 6.92 Å². The first-order valence-corrected chi connectivity index (χ1v) is 3.88. The fourth-order valence-corrected chi connectivity index (χ4v) is 0.929. The van der Waals surface area contributed by atoms with Gasteiger partial charge in [0.1, 0.15) is 0 Å². The van der Waals surface area contributed by atoms with Crippen molar-refractivity contribution in [1.29, 1.82) is 0 Å². The molecule has 0 saturated carbocycles. The Kier molecular flexibility index (Phi) is 5.23. The summed E-state index contributed by atoms with van der Waals surface area (Å²) in [5.74, 6) is -0.0276. The van der Waals surface area contributed by atoms with Crippen molar-refractivity contribution >= 4 is 18.1 Å². The van der Waals surface area contributed by atoms with Crippen LogP contribution in [-0.4, -0.2) is 13.7 Å². The van der Waals surface area contributed by atoms with Crippen LogP contribution in [0, 0.1) is 5.82 Å². The molecule has 1 N–H and O–H groups in total. The third-order valence-corrected chi connectivity index (χ3v) is 1.52. The van der Waals surface area contributed by atoms with E-state index in [-0.39, 0.29) is 18.2 Å². The van der Waals surface area contributed by atoms with Gasteiger partial charge in [0.05, 0.1) is 6.61 Å². The molecule has 4 heteroatoms. The average Bonchev–Trinajstić information content (AvgIpc) is 2.09. The van der Waals surface area contributed by atoms with Crippen LogP contribution < -0.4 is 10.1 Å². The molecule has 0 radical (unpaired) electrons. The summed E-state index contributed by atoms with van der Waals surface area (Å²) in [6.07, 6.45) is 0. The number of halogens is 2. The summed E-state index contributed by atoms with van der Waals surface area (Å²) in [4.78, 5) is 0.